The normalized spacial score (nSPS) is 15.4. The van der Waals surface area contributed by atoms with Gasteiger partial charge in [-0.15, -0.1) is 0 Å². The molecule has 24 heavy (non-hydrogen) atoms. The van der Waals surface area contributed by atoms with Gasteiger partial charge in [0.1, 0.15) is 5.82 Å². The standard InChI is InChI=1S/C18H19BrFN3O/c1-22-8-10-23(11-9-22)17-5-3-2-4-16(17)21-18(24)14-12-13(20)6-7-15(14)19/h2-7,12H,8-11H2,1H3,(H,21,24). The summed E-state index contributed by atoms with van der Waals surface area (Å²) in [5.74, 6) is -0.765. The summed E-state index contributed by atoms with van der Waals surface area (Å²) in [5, 5.41) is 2.91. The van der Waals surface area contributed by atoms with Gasteiger partial charge in [0.15, 0.2) is 0 Å². The Bertz CT molecular complexity index is 745. The number of amides is 1. The summed E-state index contributed by atoms with van der Waals surface area (Å²) in [6, 6.07) is 11.8. The lowest BCUT2D eigenvalue weighted by Gasteiger charge is -2.35. The fourth-order valence-electron chi connectivity index (χ4n) is 2.76. The van der Waals surface area contributed by atoms with Crippen LogP contribution in [0.15, 0.2) is 46.9 Å². The van der Waals surface area contributed by atoms with Crippen LogP contribution in [-0.4, -0.2) is 44.0 Å². The smallest absolute Gasteiger partial charge is 0.256 e. The third kappa shape index (κ3) is 3.76. The molecular weight excluding hydrogens is 373 g/mol. The minimum absolute atomic E-state index is 0.281. The summed E-state index contributed by atoms with van der Waals surface area (Å²) in [5.41, 5.74) is 2.01. The highest BCUT2D eigenvalue weighted by atomic mass is 79.9. The van der Waals surface area contributed by atoms with Crippen LogP contribution < -0.4 is 10.2 Å². The van der Waals surface area contributed by atoms with Gasteiger partial charge in [-0.25, -0.2) is 4.39 Å². The Labute approximate surface area is 149 Å². The van der Waals surface area contributed by atoms with Gasteiger partial charge in [0.05, 0.1) is 16.9 Å². The molecule has 1 N–H and O–H groups in total. The third-order valence-electron chi connectivity index (χ3n) is 4.17. The van der Waals surface area contributed by atoms with E-state index in [0.29, 0.717) is 4.47 Å². The van der Waals surface area contributed by atoms with Gasteiger partial charge < -0.3 is 15.1 Å². The number of rotatable bonds is 3. The zero-order valence-corrected chi connectivity index (χ0v) is 15.0. The lowest BCUT2D eigenvalue weighted by atomic mass is 10.1. The largest absolute Gasteiger partial charge is 0.367 e. The van der Waals surface area contributed by atoms with E-state index in [0.717, 1.165) is 37.6 Å². The lowest BCUT2D eigenvalue weighted by molar-refractivity contribution is 0.102. The molecule has 1 amide bonds. The SMILES string of the molecule is CN1CCN(c2ccccc2NC(=O)c2cc(F)ccc2Br)CC1. The van der Waals surface area contributed by atoms with Crippen LogP contribution in [0.1, 0.15) is 10.4 Å². The van der Waals surface area contributed by atoms with Crippen molar-refractivity contribution in [1.82, 2.24) is 4.90 Å². The van der Waals surface area contributed by atoms with Gasteiger partial charge in [0.25, 0.3) is 5.91 Å². The van der Waals surface area contributed by atoms with E-state index >= 15 is 0 Å². The number of carbonyl (C=O) groups excluding carboxylic acids is 1. The van der Waals surface area contributed by atoms with Crippen LogP contribution in [0.2, 0.25) is 0 Å². The first kappa shape index (κ1) is 16.9. The predicted molar refractivity (Wildman–Crippen MR) is 98.2 cm³/mol. The van der Waals surface area contributed by atoms with E-state index in [4.69, 9.17) is 0 Å². The molecule has 4 nitrogen and oxygen atoms in total. The molecule has 0 saturated carbocycles. The van der Waals surface area contributed by atoms with Crippen LogP contribution in [0.4, 0.5) is 15.8 Å². The topological polar surface area (TPSA) is 35.6 Å². The molecule has 0 atom stereocenters. The Kier molecular flexibility index (Phi) is 5.16. The molecule has 0 bridgehead atoms. The molecule has 6 heteroatoms. The number of hydrogen-bond acceptors (Lipinski definition) is 3. The van der Waals surface area contributed by atoms with Gasteiger partial charge >= 0.3 is 0 Å². The fraction of sp³-hybridized carbons (Fsp3) is 0.278. The third-order valence-corrected chi connectivity index (χ3v) is 4.86. The Morgan fingerprint density at radius 3 is 2.58 bits per heavy atom. The number of benzene rings is 2. The van der Waals surface area contributed by atoms with Crippen LogP contribution >= 0.6 is 15.9 Å². The van der Waals surface area contributed by atoms with Crippen molar-refractivity contribution in [3.8, 4) is 0 Å². The van der Waals surface area contributed by atoms with Crippen molar-refractivity contribution in [1.29, 1.82) is 0 Å². The maximum absolute atomic E-state index is 13.4. The molecular formula is C18H19BrFN3O. The highest BCUT2D eigenvalue weighted by molar-refractivity contribution is 9.10. The number of anilines is 2. The van der Waals surface area contributed by atoms with Gasteiger partial charge in [0, 0.05) is 30.7 Å². The van der Waals surface area contributed by atoms with Gasteiger partial charge in [0.2, 0.25) is 0 Å². The van der Waals surface area contributed by atoms with Crippen molar-refractivity contribution in [2.45, 2.75) is 0 Å². The molecule has 1 saturated heterocycles. The predicted octanol–water partition coefficient (Wildman–Crippen LogP) is 3.59. The molecule has 0 aromatic heterocycles. The van der Waals surface area contributed by atoms with Crippen molar-refractivity contribution in [2.75, 3.05) is 43.4 Å². The summed E-state index contributed by atoms with van der Waals surface area (Å²) < 4.78 is 14.0. The fourth-order valence-corrected chi connectivity index (χ4v) is 3.19. The van der Waals surface area contributed by atoms with Gasteiger partial charge in [-0.05, 0) is 53.3 Å². The van der Waals surface area contributed by atoms with E-state index in [2.05, 4.69) is 38.1 Å². The number of halogens is 2. The van der Waals surface area contributed by atoms with Gasteiger partial charge in [-0.2, -0.15) is 0 Å². The summed E-state index contributed by atoms with van der Waals surface area (Å²) >= 11 is 3.30. The number of carbonyl (C=O) groups is 1. The van der Waals surface area contributed by atoms with Crippen molar-refractivity contribution in [2.24, 2.45) is 0 Å². The Hall–Kier alpha value is -1.92. The van der Waals surface area contributed by atoms with Crippen molar-refractivity contribution in [3.05, 3.63) is 58.3 Å². The van der Waals surface area contributed by atoms with Gasteiger partial charge in [-0.1, -0.05) is 12.1 Å². The maximum atomic E-state index is 13.4. The van der Waals surface area contributed by atoms with Crippen molar-refractivity contribution in [3.63, 3.8) is 0 Å². The number of hydrogen-bond donors (Lipinski definition) is 1. The maximum Gasteiger partial charge on any atom is 0.256 e. The molecule has 126 valence electrons. The molecule has 0 radical (unpaired) electrons. The van der Waals surface area contributed by atoms with Crippen LogP contribution in [0, 0.1) is 5.82 Å². The minimum atomic E-state index is -0.435. The summed E-state index contributed by atoms with van der Waals surface area (Å²) in [6.07, 6.45) is 0. The number of para-hydroxylation sites is 2. The average molecular weight is 392 g/mol. The first-order valence-electron chi connectivity index (χ1n) is 7.83. The Balaban J connectivity index is 1.82. The molecule has 1 aliphatic rings. The highest BCUT2D eigenvalue weighted by Gasteiger charge is 2.19. The van der Waals surface area contributed by atoms with E-state index in [1.54, 1.807) is 0 Å². The molecule has 1 fully saturated rings. The van der Waals surface area contributed by atoms with Crippen LogP contribution in [0.25, 0.3) is 0 Å². The summed E-state index contributed by atoms with van der Waals surface area (Å²) in [6.45, 7) is 3.79. The minimum Gasteiger partial charge on any atom is -0.367 e. The van der Waals surface area contributed by atoms with E-state index in [-0.39, 0.29) is 11.5 Å². The van der Waals surface area contributed by atoms with E-state index in [1.807, 2.05) is 24.3 Å². The molecule has 1 heterocycles. The highest BCUT2D eigenvalue weighted by Crippen LogP contribution is 2.28. The number of piperazine rings is 1. The van der Waals surface area contributed by atoms with Crippen molar-refractivity contribution < 1.29 is 9.18 Å². The van der Waals surface area contributed by atoms with Crippen LogP contribution in [0.5, 0.6) is 0 Å². The molecule has 0 spiro atoms. The second kappa shape index (κ2) is 7.32. The molecule has 1 aliphatic heterocycles. The quantitative estimate of drug-likeness (QED) is 0.867. The summed E-state index contributed by atoms with van der Waals surface area (Å²) in [4.78, 5) is 17.1. The molecule has 0 unspecified atom stereocenters. The molecule has 3 rings (SSSR count). The number of likely N-dealkylation sites (N-methyl/N-ethyl adjacent to an activating group) is 1. The van der Waals surface area contributed by atoms with Crippen molar-refractivity contribution >= 4 is 33.2 Å². The summed E-state index contributed by atoms with van der Waals surface area (Å²) in [7, 11) is 2.10. The lowest BCUT2D eigenvalue weighted by Crippen LogP contribution is -2.44. The molecule has 2 aromatic rings. The zero-order valence-electron chi connectivity index (χ0n) is 13.4. The van der Waals surface area contributed by atoms with Gasteiger partial charge in [-0.3, -0.25) is 4.79 Å². The molecule has 2 aromatic carbocycles. The molecule has 0 aliphatic carbocycles. The second-order valence-electron chi connectivity index (χ2n) is 5.89. The van der Waals surface area contributed by atoms with Crippen LogP contribution in [0.3, 0.4) is 0 Å². The second-order valence-corrected chi connectivity index (χ2v) is 6.74. The average Bonchev–Trinajstić information content (AvgIpc) is 2.58. The van der Waals surface area contributed by atoms with E-state index in [1.165, 1.54) is 18.2 Å². The number of nitrogens with one attached hydrogen (secondary N) is 1. The van der Waals surface area contributed by atoms with Crippen LogP contribution in [-0.2, 0) is 0 Å². The van der Waals surface area contributed by atoms with E-state index < -0.39 is 5.82 Å². The van der Waals surface area contributed by atoms with E-state index in [9.17, 15) is 9.18 Å². The first-order chi connectivity index (χ1) is 11.5. The Morgan fingerprint density at radius 2 is 1.83 bits per heavy atom. The monoisotopic (exact) mass is 391 g/mol. The zero-order chi connectivity index (χ0) is 17.1. The Morgan fingerprint density at radius 1 is 1.12 bits per heavy atom. The number of nitrogens with zero attached hydrogens (tertiary/aromatic N) is 2. The first-order valence-corrected chi connectivity index (χ1v) is 8.63.